The van der Waals surface area contributed by atoms with E-state index < -0.39 is 0 Å². The van der Waals surface area contributed by atoms with Crippen molar-refractivity contribution in [1.82, 2.24) is 0 Å². The third-order valence-electron chi connectivity index (χ3n) is 4.04. The van der Waals surface area contributed by atoms with Gasteiger partial charge in [0, 0.05) is 23.7 Å². The molecule has 1 aromatic carbocycles. The molecule has 1 aromatic rings. The number of ether oxygens (including phenoxy) is 1. The zero-order valence-electron chi connectivity index (χ0n) is 11.4. The first-order chi connectivity index (χ1) is 8.52. The highest BCUT2D eigenvalue weighted by molar-refractivity contribution is 9.10. The van der Waals surface area contributed by atoms with E-state index in [1.165, 1.54) is 26.7 Å². The van der Waals surface area contributed by atoms with E-state index in [9.17, 15) is 0 Å². The van der Waals surface area contributed by atoms with Crippen LogP contribution >= 0.6 is 15.9 Å². The summed E-state index contributed by atoms with van der Waals surface area (Å²) in [4.78, 5) is 0. The molecule has 0 spiro atoms. The quantitative estimate of drug-likeness (QED) is 0.901. The number of aryl methyl sites for hydroxylation is 2. The molecular formula is C15H22BrNO. The summed E-state index contributed by atoms with van der Waals surface area (Å²) >= 11 is 3.68. The Morgan fingerprint density at radius 1 is 1.22 bits per heavy atom. The van der Waals surface area contributed by atoms with Gasteiger partial charge in [-0.3, -0.25) is 0 Å². The van der Waals surface area contributed by atoms with Gasteiger partial charge in [-0.1, -0.05) is 22.0 Å². The van der Waals surface area contributed by atoms with Crippen molar-refractivity contribution in [3.63, 3.8) is 0 Å². The van der Waals surface area contributed by atoms with Crippen LogP contribution in [0.3, 0.4) is 0 Å². The number of hydrogen-bond acceptors (Lipinski definition) is 2. The van der Waals surface area contributed by atoms with Crippen LogP contribution in [0.15, 0.2) is 10.5 Å². The molecule has 0 saturated carbocycles. The molecule has 1 saturated heterocycles. The fourth-order valence-electron chi connectivity index (χ4n) is 3.00. The first-order valence-electron chi connectivity index (χ1n) is 6.62. The average Bonchev–Trinajstić information content (AvgIpc) is 2.37. The highest BCUT2D eigenvalue weighted by atomic mass is 79.9. The Kier molecular flexibility index (Phi) is 4.46. The number of nitrogens with two attached hydrogens (primary N) is 1. The summed E-state index contributed by atoms with van der Waals surface area (Å²) in [5.74, 6) is 0.547. The molecule has 3 heteroatoms. The summed E-state index contributed by atoms with van der Waals surface area (Å²) in [6.07, 6.45) is 2.15. The lowest BCUT2D eigenvalue weighted by Crippen LogP contribution is -2.28. The third kappa shape index (κ3) is 2.63. The fourth-order valence-corrected chi connectivity index (χ4v) is 3.33. The Bertz CT molecular complexity index is 439. The maximum absolute atomic E-state index is 6.51. The molecule has 1 atom stereocenters. The van der Waals surface area contributed by atoms with E-state index >= 15 is 0 Å². The standard InChI is InChI=1S/C15H22BrNO/c1-9-8-10(2)14(16)11(3)13(9)15(17)12-4-6-18-7-5-12/h8,12,15H,4-7,17H2,1-3H3. The van der Waals surface area contributed by atoms with Gasteiger partial charge >= 0.3 is 0 Å². The molecule has 0 aromatic heterocycles. The summed E-state index contributed by atoms with van der Waals surface area (Å²) in [5, 5.41) is 0. The van der Waals surface area contributed by atoms with Crippen LogP contribution in [-0.4, -0.2) is 13.2 Å². The van der Waals surface area contributed by atoms with Crippen molar-refractivity contribution in [2.45, 2.75) is 39.7 Å². The van der Waals surface area contributed by atoms with Gasteiger partial charge in [-0.2, -0.15) is 0 Å². The van der Waals surface area contributed by atoms with Crippen molar-refractivity contribution in [3.05, 3.63) is 32.8 Å². The third-order valence-corrected chi connectivity index (χ3v) is 5.26. The van der Waals surface area contributed by atoms with Crippen molar-refractivity contribution in [3.8, 4) is 0 Å². The zero-order chi connectivity index (χ0) is 13.3. The van der Waals surface area contributed by atoms with Gasteiger partial charge in [0.05, 0.1) is 0 Å². The fraction of sp³-hybridized carbons (Fsp3) is 0.600. The van der Waals surface area contributed by atoms with E-state index in [1.807, 2.05) is 0 Å². The summed E-state index contributed by atoms with van der Waals surface area (Å²) in [7, 11) is 0. The summed E-state index contributed by atoms with van der Waals surface area (Å²) in [5.41, 5.74) is 11.7. The van der Waals surface area contributed by atoms with Crippen molar-refractivity contribution < 1.29 is 4.74 Å². The lowest BCUT2D eigenvalue weighted by atomic mass is 9.83. The number of halogens is 1. The van der Waals surface area contributed by atoms with Crippen LogP contribution in [0.2, 0.25) is 0 Å². The van der Waals surface area contributed by atoms with Crippen LogP contribution in [0, 0.1) is 26.7 Å². The Labute approximate surface area is 118 Å². The van der Waals surface area contributed by atoms with Gasteiger partial charge in [0.2, 0.25) is 0 Å². The molecule has 0 bridgehead atoms. The van der Waals surface area contributed by atoms with Gasteiger partial charge in [0.15, 0.2) is 0 Å². The molecule has 1 aliphatic heterocycles. The lowest BCUT2D eigenvalue weighted by molar-refractivity contribution is 0.0582. The van der Waals surface area contributed by atoms with Crippen LogP contribution in [0.1, 0.15) is 41.1 Å². The van der Waals surface area contributed by atoms with Crippen LogP contribution in [-0.2, 0) is 4.74 Å². The van der Waals surface area contributed by atoms with Crippen LogP contribution in [0.5, 0.6) is 0 Å². The Balaban J connectivity index is 2.34. The van der Waals surface area contributed by atoms with E-state index in [4.69, 9.17) is 10.5 Å². The van der Waals surface area contributed by atoms with E-state index in [-0.39, 0.29) is 6.04 Å². The Morgan fingerprint density at radius 3 is 2.44 bits per heavy atom. The predicted octanol–water partition coefficient (Wildman–Crippen LogP) is 3.80. The first kappa shape index (κ1) is 14.0. The normalized spacial score (nSPS) is 18.9. The molecule has 2 N–H and O–H groups in total. The van der Waals surface area contributed by atoms with Gasteiger partial charge in [-0.05, 0) is 61.8 Å². The number of benzene rings is 1. The van der Waals surface area contributed by atoms with Crippen molar-refractivity contribution in [2.24, 2.45) is 11.7 Å². The summed E-state index contributed by atoms with van der Waals surface area (Å²) < 4.78 is 6.62. The molecule has 100 valence electrons. The van der Waals surface area contributed by atoms with Gasteiger partial charge in [0.25, 0.3) is 0 Å². The number of rotatable bonds is 2. The second kappa shape index (κ2) is 5.72. The first-order valence-corrected chi connectivity index (χ1v) is 7.41. The topological polar surface area (TPSA) is 35.2 Å². The van der Waals surface area contributed by atoms with E-state index in [0.29, 0.717) is 5.92 Å². The van der Waals surface area contributed by atoms with Crippen molar-refractivity contribution in [1.29, 1.82) is 0 Å². The molecule has 2 rings (SSSR count). The smallest absolute Gasteiger partial charge is 0.0469 e. The number of hydrogen-bond donors (Lipinski definition) is 1. The maximum Gasteiger partial charge on any atom is 0.0469 e. The van der Waals surface area contributed by atoms with Gasteiger partial charge in [0.1, 0.15) is 0 Å². The van der Waals surface area contributed by atoms with Gasteiger partial charge in [-0.15, -0.1) is 0 Å². The Morgan fingerprint density at radius 2 is 1.83 bits per heavy atom. The molecule has 1 aliphatic rings. The van der Waals surface area contributed by atoms with Gasteiger partial charge < -0.3 is 10.5 Å². The highest BCUT2D eigenvalue weighted by Crippen LogP contribution is 2.35. The lowest BCUT2D eigenvalue weighted by Gasteiger charge is -2.30. The van der Waals surface area contributed by atoms with E-state index in [0.717, 1.165) is 26.1 Å². The maximum atomic E-state index is 6.51. The molecule has 1 heterocycles. The molecule has 0 amide bonds. The SMILES string of the molecule is Cc1cc(C)c(C(N)C2CCOCC2)c(C)c1Br. The van der Waals surface area contributed by atoms with E-state index in [1.54, 1.807) is 0 Å². The van der Waals surface area contributed by atoms with Crippen molar-refractivity contribution >= 4 is 15.9 Å². The largest absolute Gasteiger partial charge is 0.381 e. The summed E-state index contributed by atoms with van der Waals surface area (Å²) in [6, 6.07) is 2.36. The molecule has 1 fully saturated rings. The molecule has 1 unspecified atom stereocenters. The molecular weight excluding hydrogens is 290 g/mol. The minimum absolute atomic E-state index is 0.130. The van der Waals surface area contributed by atoms with E-state index in [2.05, 4.69) is 42.8 Å². The Hall–Kier alpha value is -0.380. The molecule has 2 nitrogen and oxygen atoms in total. The molecule has 0 aliphatic carbocycles. The minimum atomic E-state index is 0.130. The molecule has 0 radical (unpaired) electrons. The van der Waals surface area contributed by atoms with Crippen molar-refractivity contribution in [2.75, 3.05) is 13.2 Å². The van der Waals surface area contributed by atoms with Crippen LogP contribution in [0.25, 0.3) is 0 Å². The molecule has 18 heavy (non-hydrogen) atoms. The zero-order valence-corrected chi connectivity index (χ0v) is 13.0. The van der Waals surface area contributed by atoms with Crippen LogP contribution in [0.4, 0.5) is 0 Å². The second-order valence-electron chi connectivity index (χ2n) is 5.34. The summed E-state index contributed by atoms with van der Waals surface area (Å²) in [6.45, 7) is 8.17. The minimum Gasteiger partial charge on any atom is -0.381 e. The predicted molar refractivity (Wildman–Crippen MR) is 78.8 cm³/mol. The monoisotopic (exact) mass is 311 g/mol. The van der Waals surface area contributed by atoms with Gasteiger partial charge in [-0.25, -0.2) is 0 Å². The second-order valence-corrected chi connectivity index (χ2v) is 6.13. The average molecular weight is 312 g/mol. The van der Waals surface area contributed by atoms with Crippen LogP contribution < -0.4 is 5.73 Å². The highest BCUT2D eigenvalue weighted by Gasteiger charge is 2.25.